The highest BCUT2D eigenvalue weighted by Gasteiger charge is 2.29. The van der Waals surface area contributed by atoms with Crippen LogP contribution in [0.25, 0.3) is 21.9 Å². The second-order valence-electron chi connectivity index (χ2n) is 9.04. The molecule has 1 aliphatic rings. The van der Waals surface area contributed by atoms with E-state index in [1.54, 1.807) is 41.7 Å². The second-order valence-corrected chi connectivity index (χ2v) is 9.04. The lowest BCUT2D eigenvalue weighted by Crippen LogP contribution is -2.39. The van der Waals surface area contributed by atoms with Gasteiger partial charge in [0.05, 0.1) is 24.1 Å². The smallest absolute Gasteiger partial charge is 0.244 e. The van der Waals surface area contributed by atoms with Gasteiger partial charge in [-0.2, -0.15) is 5.10 Å². The lowest BCUT2D eigenvalue weighted by atomic mass is 9.99. The number of nitrogens with zero attached hydrogens (tertiary/aromatic N) is 5. The molecule has 5 rings (SSSR count). The predicted octanol–water partition coefficient (Wildman–Crippen LogP) is 3.55. The Morgan fingerprint density at radius 2 is 1.91 bits per heavy atom. The summed E-state index contributed by atoms with van der Waals surface area (Å²) in [5.41, 5.74) is 8.80. The van der Waals surface area contributed by atoms with E-state index >= 15 is 0 Å². The summed E-state index contributed by atoms with van der Waals surface area (Å²) in [6.45, 7) is 5.92. The standard InChI is InChI=1S/C25H26FN7O2/c1-13(2)32-11-22(34)21-7-24(31-33(21)12-25(32)35)30-23-6-15-4-17(19(26)5-16(15)8-29-23)18-9-28-10-20(27)14(18)3/h4-10,13,22,34H,11-12,27H2,1-3H3,(H,29,30,31). The number of β-amino-alcohol motifs (C(OH)–C–C–N with tert-alkyl or cyclic N) is 1. The topological polar surface area (TPSA) is 122 Å². The fraction of sp³-hybridized carbons (Fsp3) is 0.280. The van der Waals surface area contributed by atoms with Crippen LogP contribution in [-0.4, -0.2) is 48.2 Å². The average molecular weight is 476 g/mol. The molecule has 0 radical (unpaired) electrons. The van der Waals surface area contributed by atoms with Crippen LogP contribution in [0.3, 0.4) is 0 Å². The number of pyridine rings is 2. The van der Waals surface area contributed by atoms with Crippen molar-refractivity contribution < 1.29 is 14.3 Å². The number of fused-ring (bicyclic) bond motifs is 2. The maximum atomic E-state index is 14.9. The Balaban J connectivity index is 1.46. The summed E-state index contributed by atoms with van der Waals surface area (Å²) in [5, 5.41) is 19.7. The average Bonchev–Trinajstić information content (AvgIpc) is 3.15. The highest BCUT2D eigenvalue weighted by atomic mass is 19.1. The first kappa shape index (κ1) is 22.7. The molecule has 1 aromatic carbocycles. The summed E-state index contributed by atoms with van der Waals surface area (Å²) >= 11 is 0. The molecule has 35 heavy (non-hydrogen) atoms. The van der Waals surface area contributed by atoms with Crippen LogP contribution in [0.1, 0.15) is 31.2 Å². The Bertz CT molecular complexity index is 1450. The van der Waals surface area contributed by atoms with Crippen LogP contribution in [0.4, 0.5) is 21.7 Å². The van der Waals surface area contributed by atoms with Gasteiger partial charge >= 0.3 is 0 Å². The van der Waals surface area contributed by atoms with Gasteiger partial charge in [0.1, 0.15) is 24.3 Å². The third kappa shape index (κ3) is 4.17. The van der Waals surface area contributed by atoms with Gasteiger partial charge in [-0.05, 0) is 49.9 Å². The molecule has 1 unspecified atom stereocenters. The monoisotopic (exact) mass is 475 g/mol. The third-order valence-electron chi connectivity index (χ3n) is 6.36. The van der Waals surface area contributed by atoms with Crippen LogP contribution >= 0.6 is 0 Å². The van der Waals surface area contributed by atoms with E-state index in [1.807, 2.05) is 20.8 Å². The number of amides is 1. The lowest BCUT2D eigenvalue weighted by Gasteiger charge is -2.26. The third-order valence-corrected chi connectivity index (χ3v) is 6.36. The first-order chi connectivity index (χ1) is 16.7. The molecule has 4 N–H and O–H groups in total. The molecule has 0 bridgehead atoms. The van der Waals surface area contributed by atoms with Crippen LogP contribution in [0.2, 0.25) is 0 Å². The van der Waals surface area contributed by atoms with Crippen molar-refractivity contribution in [3.8, 4) is 11.1 Å². The van der Waals surface area contributed by atoms with E-state index in [9.17, 15) is 14.3 Å². The van der Waals surface area contributed by atoms with Crippen molar-refractivity contribution in [3.05, 3.63) is 59.9 Å². The second kappa shape index (κ2) is 8.62. The van der Waals surface area contributed by atoms with Crippen LogP contribution in [0.15, 0.2) is 42.9 Å². The van der Waals surface area contributed by atoms with Crippen LogP contribution in [0, 0.1) is 12.7 Å². The van der Waals surface area contributed by atoms with Gasteiger partial charge in [-0.1, -0.05) is 0 Å². The Labute approximate surface area is 201 Å². The van der Waals surface area contributed by atoms with E-state index in [2.05, 4.69) is 20.4 Å². The molecule has 3 aromatic heterocycles. The van der Waals surface area contributed by atoms with Gasteiger partial charge in [0.25, 0.3) is 0 Å². The summed E-state index contributed by atoms with van der Waals surface area (Å²) < 4.78 is 16.4. The van der Waals surface area contributed by atoms with Crippen molar-refractivity contribution >= 4 is 34.0 Å². The van der Waals surface area contributed by atoms with E-state index in [-0.39, 0.29) is 30.9 Å². The fourth-order valence-corrected chi connectivity index (χ4v) is 4.37. The van der Waals surface area contributed by atoms with Gasteiger partial charge in [0.2, 0.25) is 5.91 Å². The van der Waals surface area contributed by atoms with Gasteiger partial charge in [0, 0.05) is 41.0 Å². The van der Waals surface area contributed by atoms with Crippen molar-refractivity contribution in [1.29, 1.82) is 0 Å². The minimum absolute atomic E-state index is 0.0113. The van der Waals surface area contributed by atoms with Crippen LogP contribution in [-0.2, 0) is 11.3 Å². The number of hydrogen-bond acceptors (Lipinski definition) is 7. The molecule has 4 heterocycles. The minimum Gasteiger partial charge on any atom is -0.397 e. The number of nitrogens with two attached hydrogens (primary N) is 1. The van der Waals surface area contributed by atoms with Crippen LogP contribution in [0.5, 0.6) is 0 Å². The zero-order valence-corrected chi connectivity index (χ0v) is 19.7. The number of halogens is 1. The van der Waals surface area contributed by atoms with E-state index in [0.717, 1.165) is 10.9 Å². The molecule has 0 fully saturated rings. The predicted molar refractivity (Wildman–Crippen MR) is 131 cm³/mol. The van der Waals surface area contributed by atoms with Gasteiger partial charge < -0.3 is 21.1 Å². The van der Waals surface area contributed by atoms with Gasteiger partial charge in [-0.25, -0.2) is 9.37 Å². The number of carbonyl (C=O) groups excluding carboxylic acids is 1. The quantitative estimate of drug-likeness (QED) is 0.413. The summed E-state index contributed by atoms with van der Waals surface area (Å²) in [6.07, 6.45) is 3.87. The molecule has 4 aromatic rings. The zero-order valence-electron chi connectivity index (χ0n) is 19.7. The van der Waals surface area contributed by atoms with E-state index in [1.165, 1.54) is 10.7 Å². The maximum Gasteiger partial charge on any atom is 0.244 e. The van der Waals surface area contributed by atoms with E-state index < -0.39 is 6.10 Å². The number of rotatable bonds is 4. The van der Waals surface area contributed by atoms with Crippen molar-refractivity contribution in [2.45, 2.75) is 39.5 Å². The molecular weight excluding hydrogens is 449 g/mol. The maximum absolute atomic E-state index is 14.9. The molecule has 1 atom stereocenters. The molecular formula is C25H26FN7O2. The summed E-state index contributed by atoms with van der Waals surface area (Å²) in [5.74, 6) is 0.463. The number of aliphatic hydroxyl groups excluding tert-OH is 1. The Morgan fingerprint density at radius 1 is 1.11 bits per heavy atom. The number of anilines is 3. The summed E-state index contributed by atoms with van der Waals surface area (Å²) in [4.78, 5) is 22.7. The molecule has 10 heteroatoms. The number of aliphatic hydroxyl groups is 1. The normalized spacial score (nSPS) is 16.0. The zero-order chi connectivity index (χ0) is 24.9. The molecule has 0 saturated carbocycles. The van der Waals surface area contributed by atoms with Crippen molar-refractivity contribution in [2.75, 3.05) is 17.6 Å². The van der Waals surface area contributed by atoms with Gasteiger partial charge in [-0.15, -0.1) is 0 Å². The highest BCUT2D eigenvalue weighted by molar-refractivity contribution is 5.90. The van der Waals surface area contributed by atoms with Gasteiger partial charge in [0.15, 0.2) is 5.82 Å². The largest absolute Gasteiger partial charge is 0.397 e. The molecule has 9 nitrogen and oxygen atoms in total. The van der Waals surface area contributed by atoms with Gasteiger partial charge in [-0.3, -0.25) is 14.5 Å². The minimum atomic E-state index is -0.850. The molecule has 0 aliphatic carbocycles. The van der Waals surface area contributed by atoms with Crippen LogP contribution < -0.4 is 11.1 Å². The number of hydrogen-bond donors (Lipinski definition) is 3. The molecule has 180 valence electrons. The molecule has 1 amide bonds. The van der Waals surface area contributed by atoms with E-state index in [4.69, 9.17) is 5.73 Å². The number of carbonyl (C=O) groups is 1. The number of nitrogens with one attached hydrogen (secondary N) is 1. The van der Waals surface area contributed by atoms with Crippen molar-refractivity contribution in [1.82, 2.24) is 24.6 Å². The molecule has 0 saturated heterocycles. The number of nitrogen functional groups attached to an aromatic ring is 1. The Kier molecular flexibility index (Phi) is 5.60. The lowest BCUT2D eigenvalue weighted by molar-refractivity contribution is -0.134. The Morgan fingerprint density at radius 3 is 2.69 bits per heavy atom. The summed E-state index contributed by atoms with van der Waals surface area (Å²) in [7, 11) is 0. The Hall–Kier alpha value is -4.05. The number of aromatic nitrogens is 4. The number of benzene rings is 1. The van der Waals surface area contributed by atoms with Crippen molar-refractivity contribution in [3.63, 3.8) is 0 Å². The fourth-order valence-electron chi connectivity index (χ4n) is 4.37. The SMILES string of the molecule is Cc1c(N)cncc1-c1cc2cc(Nc3cc4n(n3)CC(=O)N(C(C)C)CC4O)ncc2cc1F. The highest BCUT2D eigenvalue weighted by Crippen LogP contribution is 2.32. The van der Waals surface area contributed by atoms with Crippen molar-refractivity contribution in [2.24, 2.45) is 0 Å². The first-order valence-corrected chi connectivity index (χ1v) is 11.3. The molecule has 0 spiro atoms. The molecule has 1 aliphatic heterocycles. The van der Waals surface area contributed by atoms with E-state index in [0.29, 0.717) is 39.5 Å². The summed E-state index contributed by atoms with van der Waals surface area (Å²) in [6, 6.07) is 6.67. The first-order valence-electron chi connectivity index (χ1n) is 11.3.